The van der Waals surface area contributed by atoms with Crippen molar-refractivity contribution < 1.29 is 19.1 Å². The van der Waals surface area contributed by atoms with Crippen molar-refractivity contribution in [3.8, 4) is 0 Å². The van der Waals surface area contributed by atoms with Crippen molar-refractivity contribution in [2.24, 2.45) is 0 Å². The van der Waals surface area contributed by atoms with Gasteiger partial charge in [-0.2, -0.15) is 0 Å². The van der Waals surface area contributed by atoms with Crippen LogP contribution in [0.1, 0.15) is 11.5 Å². The van der Waals surface area contributed by atoms with Gasteiger partial charge in [0.15, 0.2) is 5.11 Å². The molecule has 0 radical (unpaired) electrons. The van der Waals surface area contributed by atoms with Gasteiger partial charge < -0.3 is 9.52 Å². The van der Waals surface area contributed by atoms with E-state index in [1.54, 1.807) is 36.4 Å². The molecule has 24 heavy (non-hydrogen) atoms. The average Bonchev–Trinajstić information content (AvgIpc) is 3.01. The number of hydrogen-bond donors (Lipinski definition) is 2. The molecule has 2 amide bonds. The van der Waals surface area contributed by atoms with E-state index < -0.39 is 11.8 Å². The molecular weight excluding hydrogens is 352 g/mol. The molecule has 0 saturated carbocycles. The number of halogens is 1. The van der Waals surface area contributed by atoms with Crippen LogP contribution in [-0.4, -0.2) is 22.0 Å². The molecule has 0 aliphatic carbocycles. The molecule has 6 nitrogen and oxygen atoms in total. The lowest BCUT2D eigenvalue weighted by Gasteiger charge is -2.28. The zero-order chi connectivity index (χ0) is 17.3. The normalized spacial score (nSPS) is 16.7. The number of nitrogens with zero attached hydrogens (tertiary/aromatic N) is 1. The summed E-state index contributed by atoms with van der Waals surface area (Å²) in [5.74, 6) is -0.581. The Hall–Kier alpha value is -2.48. The second kappa shape index (κ2) is 6.56. The number of hydrogen-bond acceptors (Lipinski definition) is 5. The van der Waals surface area contributed by atoms with Crippen LogP contribution in [0.25, 0.3) is 6.08 Å². The number of carbonyl (C=O) groups excluding carboxylic acids is 2. The highest BCUT2D eigenvalue weighted by molar-refractivity contribution is 7.80. The quantitative estimate of drug-likeness (QED) is 0.497. The minimum Gasteiger partial charge on any atom is -0.459 e. The maximum atomic E-state index is 12.7. The van der Waals surface area contributed by atoms with Crippen molar-refractivity contribution in [3.05, 3.63) is 58.5 Å². The number of benzene rings is 1. The molecular formula is C16H11ClN2O4S. The first-order valence-corrected chi connectivity index (χ1v) is 7.65. The first-order valence-electron chi connectivity index (χ1n) is 6.86. The molecule has 1 aliphatic rings. The number of carbonyl (C=O) groups is 2. The van der Waals surface area contributed by atoms with Gasteiger partial charge >= 0.3 is 0 Å². The summed E-state index contributed by atoms with van der Waals surface area (Å²) < 4.78 is 5.29. The van der Waals surface area contributed by atoms with E-state index in [-0.39, 0.29) is 23.1 Å². The summed E-state index contributed by atoms with van der Waals surface area (Å²) in [7, 11) is 0. The van der Waals surface area contributed by atoms with Gasteiger partial charge in [0.1, 0.15) is 23.7 Å². The van der Waals surface area contributed by atoms with Crippen molar-refractivity contribution in [1.29, 1.82) is 0 Å². The van der Waals surface area contributed by atoms with Crippen LogP contribution < -0.4 is 10.2 Å². The van der Waals surface area contributed by atoms with Crippen LogP contribution in [0.5, 0.6) is 0 Å². The number of aliphatic hydroxyl groups is 1. The summed E-state index contributed by atoms with van der Waals surface area (Å²) in [5.41, 5.74) is 0.355. The summed E-state index contributed by atoms with van der Waals surface area (Å²) in [4.78, 5) is 26.0. The Balaban J connectivity index is 1.98. The Morgan fingerprint density at radius 3 is 2.54 bits per heavy atom. The van der Waals surface area contributed by atoms with Gasteiger partial charge in [0, 0.05) is 5.02 Å². The van der Waals surface area contributed by atoms with Gasteiger partial charge in [0.05, 0.1) is 5.69 Å². The summed E-state index contributed by atoms with van der Waals surface area (Å²) in [5, 5.41) is 12.0. The van der Waals surface area contributed by atoms with E-state index in [2.05, 4.69) is 5.32 Å². The third-order valence-corrected chi connectivity index (χ3v) is 3.85. The average molecular weight is 363 g/mol. The molecule has 8 heteroatoms. The predicted octanol–water partition coefficient (Wildman–Crippen LogP) is 2.26. The number of amides is 2. The van der Waals surface area contributed by atoms with Gasteiger partial charge in [-0.15, -0.1) is 0 Å². The smallest absolute Gasteiger partial charge is 0.270 e. The first kappa shape index (κ1) is 16.4. The van der Waals surface area contributed by atoms with Crippen LogP contribution in [0.3, 0.4) is 0 Å². The lowest BCUT2D eigenvalue weighted by atomic mass is 10.1. The van der Waals surface area contributed by atoms with Crippen LogP contribution in [0.15, 0.2) is 46.4 Å². The summed E-state index contributed by atoms with van der Waals surface area (Å²) in [6.07, 6.45) is 1.31. The molecule has 0 bridgehead atoms. The number of rotatable bonds is 3. The fourth-order valence-corrected chi connectivity index (χ4v) is 2.59. The van der Waals surface area contributed by atoms with E-state index >= 15 is 0 Å². The van der Waals surface area contributed by atoms with E-state index in [9.17, 15) is 9.59 Å². The van der Waals surface area contributed by atoms with E-state index in [1.165, 1.54) is 11.0 Å². The fourth-order valence-electron chi connectivity index (χ4n) is 2.18. The molecule has 0 unspecified atom stereocenters. The number of nitrogens with one attached hydrogen (secondary N) is 1. The zero-order valence-corrected chi connectivity index (χ0v) is 13.7. The second-order valence-corrected chi connectivity index (χ2v) is 5.72. The zero-order valence-electron chi connectivity index (χ0n) is 12.2. The molecule has 2 heterocycles. The summed E-state index contributed by atoms with van der Waals surface area (Å²) >= 11 is 10.9. The maximum absolute atomic E-state index is 12.7. The molecule has 0 atom stereocenters. The molecule has 0 spiro atoms. The third kappa shape index (κ3) is 3.09. The molecule has 1 aliphatic heterocycles. The van der Waals surface area contributed by atoms with Gasteiger partial charge in [-0.1, -0.05) is 11.6 Å². The van der Waals surface area contributed by atoms with Crippen LogP contribution in [-0.2, 0) is 16.2 Å². The van der Waals surface area contributed by atoms with Crippen molar-refractivity contribution in [2.75, 3.05) is 4.90 Å². The number of anilines is 1. The highest BCUT2D eigenvalue weighted by Gasteiger charge is 2.34. The highest BCUT2D eigenvalue weighted by Crippen LogP contribution is 2.24. The van der Waals surface area contributed by atoms with Gasteiger partial charge in [-0.25, -0.2) is 0 Å². The molecule has 1 saturated heterocycles. The summed E-state index contributed by atoms with van der Waals surface area (Å²) in [6.45, 7) is -0.274. The topological polar surface area (TPSA) is 82.8 Å². The van der Waals surface area contributed by atoms with Crippen LogP contribution >= 0.6 is 23.8 Å². The van der Waals surface area contributed by atoms with Crippen LogP contribution in [0.2, 0.25) is 5.02 Å². The SMILES string of the molecule is O=C1NC(=S)N(c2ccc(Cl)cc2)C(=O)/C1=C/c1ccc(CO)o1. The van der Waals surface area contributed by atoms with E-state index in [1.807, 2.05) is 0 Å². The standard InChI is InChI=1S/C16H11ClN2O4S/c17-9-1-3-10(4-2-9)19-15(22)13(14(21)18-16(19)24)7-11-5-6-12(8-20)23-11/h1-7,20H,8H2,(H,18,21,24)/b13-7+. The second-order valence-electron chi connectivity index (χ2n) is 4.90. The summed E-state index contributed by atoms with van der Waals surface area (Å²) in [6, 6.07) is 9.59. The number of furan rings is 1. The number of thiocarbonyl (C=S) groups is 1. The van der Waals surface area contributed by atoms with Crippen LogP contribution in [0, 0.1) is 0 Å². The van der Waals surface area contributed by atoms with Crippen molar-refractivity contribution in [1.82, 2.24) is 5.32 Å². The third-order valence-electron chi connectivity index (χ3n) is 3.31. The minimum absolute atomic E-state index is 0.0139. The van der Waals surface area contributed by atoms with Gasteiger partial charge in [-0.05, 0) is 54.7 Å². The Morgan fingerprint density at radius 1 is 1.21 bits per heavy atom. The minimum atomic E-state index is -0.614. The molecule has 1 aromatic carbocycles. The largest absolute Gasteiger partial charge is 0.459 e. The Kier molecular flexibility index (Phi) is 4.48. The lowest BCUT2D eigenvalue weighted by molar-refractivity contribution is -0.122. The monoisotopic (exact) mass is 362 g/mol. The van der Waals surface area contributed by atoms with Crippen molar-refractivity contribution >= 4 is 52.5 Å². The Morgan fingerprint density at radius 2 is 1.92 bits per heavy atom. The predicted molar refractivity (Wildman–Crippen MR) is 92.3 cm³/mol. The molecule has 1 aromatic heterocycles. The van der Waals surface area contributed by atoms with E-state index in [4.69, 9.17) is 33.3 Å². The van der Waals surface area contributed by atoms with Crippen LogP contribution in [0.4, 0.5) is 5.69 Å². The van der Waals surface area contributed by atoms with Gasteiger partial charge in [0.2, 0.25) is 0 Å². The molecule has 2 N–H and O–H groups in total. The number of aliphatic hydroxyl groups excluding tert-OH is 1. The van der Waals surface area contributed by atoms with Gasteiger partial charge in [-0.3, -0.25) is 19.8 Å². The first-order chi connectivity index (χ1) is 11.5. The molecule has 1 fully saturated rings. The Labute approximate surface area is 147 Å². The van der Waals surface area contributed by atoms with E-state index in [0.29, 0.717) is 16.5 Å². The Bertz CT molecular complexity index is 857. The molecule has 3 rings (SSSR count). The fraction of sp³-hybridized carbons (Fsp3) is 0.0625. The van der Waals surface area contributed by atoms with E-state index in [0.717, 1.165) is 0 Å². The highest BCUT2D eigenvalue weighted by atomic mass is 35.5. The van der Waals surface area contributed by atoms with Crippen molar-refractivity contribution in [2.45, 2.75) is 6.61 Å². The molecule has 2 aromatic rings. The lowest BCUT2D eigenvalue weighted by Crippen LogP contribution is -2.54. The maximum Gasteiger partial charge on any atom is 0.270 e. The van der Waals surface area contributed by atoms with Crippen molar-refractivity contribution in [3.63, 3.8) is 0 Å². The van der Waals surface area contributed by atoms with Gasteiger partial charge in [0.25, 0.3) is 11.8 Å². The molecule has 122 valence electrons.